The van der Waals surface area contributed by atoms with E-state index in [2.05, 4.69) is 63.9 Å². The Hall–Kier alpha value is -2.70. The third-order valence-electron chi connectivity index (χ3n) is 4.54. The number of hydrogen-bond donors (Lipinski definition) is 2. The van der Waals surface area contributed by atoms with Crippen molar-refractivity contribution in [2.24, 2.45) is 4.99 Å². The molecule has 6 heteroatoms. The number of hydrogen-bond acceptors (Lipinski definition) is 4. The molecule has 5 nitrogen and oxygen atoms in total. The van der Waals surface area contributed by atoms with E-state index in [1.165, 1.54) is 16.0 Å². The standard InChI is InChI=1S/C23H28N4OS/c1-17-18(2)29-22(27-17)14-26-23(24-3)25-13-20-10-7-11-21(12-20)16-28-15-19-8-5-4-6-9-19/h4-12H,13-16H2,1-3H3,(H2,24,25,26). The summed E-state index contributed by atoms with van der Waals surface area (Å²) in [5, 5.41) is 7.76. The molecular formula is C23H28N4OS. The summed E-state index contributed by atoms with van der Waals surface area (Å²) in [6.45, 7) is 6.72. The van der Waals surface area contributed by atoms with Gasteiger partial charge >= 0.3 is 0 Å². The first-order valence-corrected chi connectivity index (χ1v) is 10.5. The van der Waals surface area contributed by atoms with Crippen LogP contribution in [0.4, 0.5) is 0 Å². The van der Waals surface area contributed by atoms with Crippen LogP contribution in [0, 0.1) is 13.8 Å². The van der Waals surface area contributed by atoms with E-state index in [0.29, 0.717) is 26.3 Å². The molecule has 0 aliphatic rings. The van der Waals surface area contributed by atoms with Crippen LogP contribution in [-0.4, -0.2) is 18.0 Å². The van der Waals surface area contributed by atoms with Gasteiger partial charge in [-0.25, -0.2) is 4.98 Å². The van der Waals surface area contributed by atoms with Gasteiger partial charge in [0.25, 0.3) is 0 Å². The van der Waals surface area contributed by atoms with Crippen LogP contribution in [-0.2, 0) is 31.0 Å². The minimum absolute atomic E-state index is 0.596. The van der Waals surface area contributed by atoms with Crippen molar-refractivity contribution in [2.75, 3.05) is 7.05 Å². The van der Waals surface area contributed by atoms with Crippen molar-refractivity contribution in [3.8, 4) is 0 Å². The Morgan fingerprint density at radius 2 is 1.62 bits per heavy atom. The summed E-state index contributed by atoms with van der Waals surface area (Å²) in [6.07, 6.45) is 0. The lowest BCUT2D eigenvalue weighted by molar-refractivity contribution is 0.107. The zero-order chi connectivity index (χ0) is 20.5. The summed E-state index contributed by atoms with van der Waals surface area (Å²) in [7, 11) is 1.78. The first-order chi connectivity index (χ1) is 14.1. The molecule has 0 radical (unpaired) electrons. The van der Waals surface area contributed by atoms with Gasteiger partial charge in [-0.15, -0.1) is 11.3 Å². The molecule has 29 heavy (non-hydrogen) atoms. The molecule has 1 aromatic heterocycles. The smallest absolute Gasteiger partial charge is 0.191 e. The number of nitrogens with zero attached hydrogens (tertiary/aromatic N) is 2. The summed E-state index contributed by atoms with van der Waals surface area (Å²) < 4.78 is 5.84. The largest absolute Gasteiger partial charge is 0.372 e. The monoisotopic (exact) mass is 408 g/mol. The maximum absolute atomic E-state index is 5.84. The molecule has 2 aromatic carbocycles. The topological polar surface area (TPSA) is 58.5 Å². The van der Waals surface area contributed by atoms with E-state index in [0.717, 1.165) is 22.2 Å². The van der Waals surface area contributed by atoms with E-state index < -0.39 is 0 Å². The number of thiazole rings is 1. The number of aromatic nitrogens is 1. The maximum Gasteiger partial charge on any atom is 0.191 e. The zero-order valence-electron chi connectivity index (χ0n) is 17.2. The van der Waals surface area contributed by atoms with Crippen LogP contribution in [0.5, 0.6) is 0 Å². The van der Waals surface area contributed by atoms with Gasteiger partial charge in [-0.2, -0.15) is 0 Å². The van der Waals surface area contributed by atoms with E-state index >= 15 is 0 Å². The van der Waals surface area contributed by atoms with Crippen LogP contribution < -0.4 is 10.6 Å². The molecule has 0 amide bonds. The van der Waals surface area contributed by atoms with E-state index in [-0.39, 0.29) is 0 Å². The number of guanidine groups is 1. The van der Waals surface area contributed by atoms with Crippen LogP contribution in [0.1, 0.15) is 32.3 Å². The van der Waals surface area contributed by atoms with E-state index in [4.69, 9.17) is 4.74 Å². The average molecular weight is 409 g/mol. The predicted molar refractivity (Wildman–Crippen MR) is 120 cm³/mol. The third kappa shape index (κ3) is 6.69. The normalized spacial score (nSPS) is 11.5. The first-order valence-electron chi connectivity index (χ1n) is 9.71. The Morgan fingerprint density at radius 1 is 0.931 bits per heavy atom. The Kier molecular flexibility index (Phi) is 7.78. The lowest BCUT2D eigenvalue weighted by atomic mass is 10.1. The van der Waals surface area contributed by atoms with Gasteiger partial charge in [0.15, 0.2) is 5.96 Å². The number of aryl methyl sites for hydroxylation is 2. The van der Waals surface area contributed by atoms with Crippen molar-refractivity contribution < 1.29 is 4.74 Å². The summed E-state index contributed by atoms with van der Waals surface area (Å²) >= 11 is 1.72. The molecule has 0 unspecified atom stereocenters. The van der Waals surface area contributed by atoms with Crippen molar-refractivity contribution >= 4 is 17.3 Å². The third-order valence-corrected chi connectivity index (χ3v) is 5.61. The SMILES string of the molecule is CN=C(NCc1cccc(COCc2ccccc2)c1)NCc1nc(C)c(C)s1. The molecule has 0 spiro atoms. The molecule has 2 N–H and O–H groups in total. The molecule has 3 rings (SSSR count). The van der Waals surface area contributed by atoms with Crippen molar-refractivity contribution in [3.63, 3.8) is 0 Å². The number of ether oxygens (including phenoxy) is 1. The van der Waals surface area contributed by atoms with Crippen LogP contribution in [0.2, 0.25) is 0 Å². The molecule has 0 aliphatic carbocycles. The Labute approximate surface area is 176 Å². The van der Waals surface area contributed by atoms with Gasteiger partial charge in [-0.05, 0) is 30.5 Å². The Bertz CT molecular complexity index is 918. The summed E-state index contributed by atoms with van der Waals surface area (Å²) in [6, 6.07) is 18.7. The molecule has 152 valence electrons. The van der Waals surface area contributed by atoms with Gasteiger partial charge in [0.2, 0.25) is 0 Å². The van der Waals surface area contributed by atoms with Crippen molar-refractivity contribution in [2.45, 2.75) is 40.2 Å². The summed E-state index contributed by atoms with van der Waals surface area (Å²) in [5.41, 5.74) is 4.64. The summed E-state index contributed by atoms with van der Waals surface area (Å²) in [4.78, 5) is 10.1. The molecule has 0 atom stereocenters. The minimum Gasteiger partial charge on any atom is -0.372 e. The molecule has 0 fully saturated rings. The zero-order valence-corrected chi connectivity index (χ0v) is 18.1. The van der Waals surface area contributed by atoms with Crippen LogP contribution in [0.15, 0.2) is 59.6 Å². The van der Waals surface area contributed by atoms with Gasteiger partial charge in [-0.3, -0.25) is 4.99 Å². The number of benzene rings is 2. The van der Waals surface area contributed by atoms with Crippen LogP contribution in [0.25, 0.3) is 0 Å². The van der Waals surface area contributed by atoms with Gasteiger partial charge in [0, 0.05) is 18.5 Å². The average Bonchev–Trinajstić information content (AvgIpc) is 3.06. The van der Waals surface area contributed by atoms with E-state index in [1.54, 1.807) is 18.4 Å². The highest BCUT2D eigenvalue weighted by atomic mass is 32.1. The van der Waals surface area contributed by atoms with E-state index in [1.807, 2.05) is 25.1 Å². The minimum atomic E-state index is 0.596. The van der Waals surface area contributed by atoms with Crippen LogP contribution in [0.3, 0.4) is 0 Å². The fourth-order valence-electron chi connectivity index (χ4n) is 2.87. The highest BCUT2D eigenvalue weighted by Gasteiger charge is 2.05. The van der Waals surface area contributed by atoms with Crippen molar-refractivity contribution in [1.29, 1.82) is 0 Å². The molecular weight excluding hydrogens is 380 g/mol. The lowest BCUT2D eigenvalue weighted by Gasteiger charge is -2.12. The Balaban J connectivity index is 1.46. The predicted octanol–water partition coefficient (Wildman–Crippen LogP) is 4.34. The van der Waals surface area contributed by atoms with Gasteiger partial charge in [0.1, 0.15) is 5.01 Å². The van der Waals surface area contributed by atoms with Crippen molar-refractivity contribution in [1.82, 2.24) is 15.6 Å². The van der Waals surface area contributed by atoms with Gasteiger partial charge in [-0.1, -0.05) is 54.6 Å². The second-order valence-electron chi connectivity index (χ2n) is 6.83. The highest BCUT2D eigenvalue weighted by molar-refractivity contribution is 7.11. The number of aliphatic imine (C=N–C) groups is 1. The molecule has 0 saturated carbocycles. The highest BCUT2D eigenvalue weighted by Crippen LogP contribution is 2.16. The van der Waals surface area contributed by atoms with Gasteiger partial charge in [0.05, 0.1) is 25.5 Å². The molecule has 0 saturated heterocycles. The second kappa shape index (κ2) is 10.7. The Morgan fingerprint density at radius 3 is 2.34 bits per heavy atom. The summed E-state index contributed by atoms with van der Waals surface area (Å²) in [5.74, 6) is 0.765. The van der Waals surface area contributed by atoms with Crippen LogP contribution >= 0.6 is 11.3 Å². The van der Waals surface area contributed by atoms with Crippen molar-refractivity contribution in [3.05, 3.63) is 86.9 Å². The second-order valence-corrected chi connectivity index (χ2v) is 8.11. The quantitative estimate of drug-likeness (QED) is 0.430. The lowest BCUT2D eigenvalue weighted by Crippen LogP contribution is -2.36. The molecule has 1 heterocycles. The number of rotatable bonds is 8. The fraction of sp³-hybridized carbons (Fsp3) is 0.304. The molecule has 3 aromatic rings. The van der Waals surface area contributed by atoms with E-state index in [9.17, 15) is 0 Å². The molecule has 0 aliphatic heterocycles. The van der Waals surface area contributed by atoms with Gasteiger partial charge < -0.3 is 15.4 Å². The fourth-order valence-corrected chi connectivity index (χ4v) is 3.74. The number of nitrogens with one attached hydrogen (secondary N) is 2. The first kappa shape index (κ1) is 21.0. The maximum atomic E-state index is 5.84. The molecule has 0 bridgehead atoms.